The molecular formula is C38H43N3O4S. The minimum absolute atomic E-state index is 0.0561. The van der Waals surface area contributed by atoms with Crippen molar-refractivity contribution in [1.82, 2.24) is 14.5 Å². The van der Waals surface area contributed by atoms with Crippen molar-refractivity contribution in [1.29, 1.82) is 0 Å². The minimum atomic E-state index is -0.958. The van der Waals surface area contributed by atoms with Crippen molar-refractivity contribution >= 4 is 28.6 Å². The largest absolute Gasteiger partial charge is 0.487 e. The SMILES string of the molecule is CCOc1ccc(-c2ccc(Cn3c(CC(C)(C)C(=O)O)c(SC(C)(C)CC)c4cc(OCc5ccccn5)ccc43)cc2)cn1. The van der Waals surface area contributed by atoms with Crippen molar-refractivity contribution in [3.05, 3.63) is 102 Å². The topological polar surface area (TPSA) is 86.5 Å². The number of aliphatic carboxylic acids is 1. The summed E-state index contributed by atoms with van der Waals surface area (Å²) in [5.41, 5.74) is 5.18. The molecule has 3 aromatic heterocycles. The zero-order chi connectivity index (χ0) is 32.9. The lowest BCUT2D eigenvalue weighted by atomic mass is 9.88. The maximum Gasteiger partial charge on any atom is 0.309 e. The number of carbonyl (C=O) groups is 1. The Morgan fingerprint density at radius 1 is 0.913 bits per heavy atom. The summed E-state index contributed by atoms with van der Waals surface area (Å²) in [7, 11) is 0. The van der Waals surface area contributed by atoms with Gasteiger partial charge in [0.15, 0.2) is 0 Å². The lowest BCUT2D eigenvalue weighted by molar-refractivity contribution is -0.146. The summed E-state index contributed by atoms with van der Waals surface area (Å²) >= 11 is 1.81. The number of carboxylic acid groups (broad SMARTS) is 1. The Balaban J connectivity index is 1.56. The number of nitrogens with zero attached hydrogens (tertiary/aromatic N) is 3. The molecule has 2 aromatic carbocycles. The summed E-state index contributed by atoms with van der Waals surface area (Å²) in [5, 5.41) is 11.2. The van der Waals surface area contributed by atoms with E-state index in [0.717, 1.165) is 56.0 Å². The molecule has 0 aliphatic rings. The molecule has 0 bridgehead atoms. The summed E-state index contributed by atoms with van der Waals surface area (Å²) in [6.45, 7) is 13.8. The van der Waals surface area contributed by atoms with E-state index in [-0.39, 0.29) is 4.75 Å². The molecule has 5 aromatic rings. The zero-order valence-corrected chi connectivity index (χ0v) is 28.4. The Labute approximate surface area is 276 Å². The summed E-state index contributed by atoms with van der Waals surface area (Å²) in [6, 6.07) is 24.4. The molecule has 0 fully saturated rings. The van der Waals surface area contributed by atoms with Crippen molar-refractivity contribution in [2.24, 2.45) is 5.41 Å². The number of ether oxygens (including phenoxy) is 2. The fourth-order valence-corrected chi connectivity index (χ4v) is 6.44. The van der Waals surface area contributed by atoms with E-state index >= 15 is 0 Å². The normalized spacial score (nSPS) is 12.0. The van der Waals surface area contributed by atoms with Crippen LogP contribution in [0, 0.1) is 5.41 Å². The average molecular weight is 638 g/mol. The molecule has 0 saturated heterocycles. The van der Waals surface area contributed by atoms with Gasteiger partial charge < -0.3 is 19.1 Å². The second kappa shape index (κ2) is 14.0. The Hall–Kier alpha value is -4.30. The third-order valence-electron chi connectivity index (χ3n) is 8.28. The lowest BCUT2D eigenvalue weighted by Crippen LogP contribution is -2.28. The number of hydrogen-bond acceptors (Lipinski definition) is 6. The molecule has 0 radical (unpaired) electrons. The van der Waals surface area contributed by atoms with Gasteiger partial charge in [0.05, 0.1) is 17.7 Å². The molecule has 0 atom stereocenters. The van der Waals surface area contributed by atoms with Crippen LogP contribution in [0.2, 0.25) is 0 Å². The van der Waals surface area contributed by atoms with E-state index in [0.29, 0.717) is 32.1 Å². The van der Waals surface area contributed by atoms with Crippen LogP contribution in [0.3, 0.4) is 0 Å². The zero-order valence-electron chi connectivity index (χ0n) is 27.5. The fourth-order valence-electron chi connectivity index (χ4n) is 5.17. The van der Waals surface area contributed by atoms with E-state index in [9.17, 15) is 9.90 Å². The molecule has 0 saturated carbocycles. The molecule has 46 heavy (non-hydrogen) atoms. The van der Waals surface area contributed by atoms with Crippen LogP contribution in [-0.2, 0) is 24.4 Å². The highest BCUT2D eigenvalue weighted by Crippen LogP contribution is 2.45. The number of benzene rings is 2. The third-order valence-corrected chi connectivity index (χ3v) is 9.78. The van der Waals surface area contributed by atoms with E-state index in [2.05, 4.69) is 71.7 Å². The van der Waals surface area contributed by atoms with Crippen LogP contribution in [0.15, 0.2) is 90.1 Å². The maximum absolute atomic E-state index is 12.4. The molecule has 0 unspecified atom stereocenters. The quantitative estimate of drug-likeness (QED) is 0.122. The average Bonchev–Trinajstić information content (AvgIpc) is 3.31. The summed E-state index contributed by atoms with van der Waals surface area (Å²) < 4.78 is 13.9. The number of aromatic nitrogens is 3. The van der Waals surface area contributed by atoms with E-state index < -0.39 is 11.4 Å². The Morgan fingerprint density at radius 2 is 1.67 bits per heavy atom. The molecule has 240 valence electrons. The molecule has 0 aliphatic carbocycles. The molecule has 7 nitrogen and oxygen atoms in total. The van der Waals surface area contributed by atoms with E-state index in [1.807, 2.05) is 61.3 Å². The second-order valence-electron chi connectivity index (χ2n) is 12.7. The lowest BCUT2D eigenvalue weighted by Gasteiger charge is -2.25. The van der Waals surface area contributed by atoms with Gasteiger partial charge in [-0.3, -0.25) is 9.78 Å². The van der Waals surface area contributed by atoms with Crippen molar-refractivity contribution in [2.75, 3.05) is 6.61 Å². The van der Waals surface area contributed by atoms with Gasteiger partial charge in [-0.2, -0.15) is 0 Å². The highest BCUT2D eigenvalue weighted by Gasteiger charge is 2.33. The van der Waals surface area contributed by atoms with E-state index in [1.54, 1.807) is 20.0 Å². The van der Waals surface area contributed by atoms with Gasteiger partial charge in [-0.05, 0) is 74.7 Å². The molecule has 3 heterocycles. The van der Waals surface area contributed by atoms with E-state index in [1.165, 1.54) is 0 Å². The molecular weight excluding hydrogens is 595 g/mol. The van der Waals surface area contributed by atoms with Crippen LogP contribution >= 0.6 is 11.8 Å². The van der Waals surface area contributed by atoms with Crippen LogP contribution < -0.4 is 9.47 Å². The standard InChI is InChI=1S/C38H43N3O4S/c1-7-38(5,6)46-35-31-21-30(45-25-29-11-9-10-20-39-29)17-18-32(31)41(33(35)22-37(3,4)36(42)43)24-26-12-14-27(15-13-26)28-16-19-34(40-23-28)44-8-2/h9-21,23H,7-8,22,24-25H2,1-6H3,(H,42,43). The van der Waals surface area contributed by atoms with Gasteiger partial charge in [-0.1, -0.05) is 51.1 Å². The first-order valence-corrected chi connectivity index (χ1v) is 16.6. The highest BCUT2D eigenvalue weighted by atomic mass is 32.2. The molecule has 5 rings (SSSR count). The summed E-state index contributed by atoms with van der Waals surface area (Å²) in [4.78, 5) is 22.3. The highest BCUT2D eigenvalue weighted by molar-refractivity contribution is 8.00. The monoisotopic (exact) mass is 637 g/mol. The van der Waals surface area contributed by atoms with Crippen LogP contribution in [0.4, 0.5) is 0 Å². The fraction of sp³-hybridized carbons (Fsp3) is 0.342. The van der Waals surface area contributed by atoms with Crippen molar-refractivity contribution < 1.29 is 19.4 Å². The first-order valence-electron chi connectivity index (χ1n) is 15.8. The minimum Gasteiger partial charge on any atom is -0.487 e. The van der Waals surface area contributed by atoms with Gasteiger partial charge in [0.1, 0.15) is 12.4 Å². The Bertz CT molecular complexity index is 1780. The molecule has 0 aliphatic heterocycles. The molecule has 1 N–H and O–H groups in total. The predicted octanol–water partition coefficient (Wildman–Crippen LogP) is 9.06. The van der Waals surface area contributed by atoms with E-state index in [4.69, 9.17) is 9.47 Å². The summed E-state index contributed by atoms with van der Waals surface area (Å²) in [5.74, 6) is 0.552. The van der Waals surface area contributed by atoms with Gasteiger partial charge in [0.25, 0.3) is 0 Å². The van der Waals surface area contributed by atoms with Crippen molar-refractivity contribution in [2.45, 2.75) is 77.2 Å². The third kappa shape index (κ3) is 7.73. The van der Waals surface area contributed by atoms with Gasteiger partial charge >= 0.3 is 5.97 Å². The number of thioether (sulfide) groups is 1. The number of rotatable bonds is 14. The first kappa shape index (κ1) is 33.1. The van der Waals surface area contributed by atoms with Crippen molar-refractivity contribution in [3.8, 4) is 22.8 Å². The Kier molecular flexibility index (Phi) is 10.1. The van der Waals surface area contributed by atoms with Gasteiger partial charge in [-0.25, -0.2) is 4.98 Å². The number of hydrogen-bond donors (Lipinski definition) is 1. The van der Waals surface area contributed by atoms with Crippen LogP contribution in [-0.4, -0.2) is 37.0 Å². The number of pyridine rings is 2. The van der Waals surface area contributed by atoms with Crippen LogP contribution in [0.25, 0.3) is 22.0 Å². The summed E-state index contributed by atoms with van der Waals surface area (Å²) in [6.07, 6.45) is 4.95. The molecule has 0 amide bonds. The molecule has 0 spiro atoms. The second-order valence-corrected chi connectivity index (χ2v) is 14.5. The Morgan fingerprint density at radius 3 is 2.30 bits per heavy atom. The van der Waals surface area contributed by atoms with Gasteiger partial charge in [0, 0.05) is 63.2 Å². The van der Waals surface area contributed by atoms with Crippen LogP contribution in [0.1, 0.15) is 64.9 Å². The first-order chi connectivity index (χ1) is 22.0. The maximum atomic E-state index is 12.4. The number of fused-ring (bicyclic) bond motifs is 1. The van der Waals surface area contributed by atoms with Gasteiger partial charge in [-0.15, -0.1) is 11.8 Å². The smallest absolute Gasteiger partial charge is 0.309 e. The molecule has 8 heteroatoms. The van der Waals surface area contributed by atoms with Gasteiger partial charge in [0.2, 0.25) is 5.88 Å². The number of carboxylic acids is 1. The van der Waals surface area contributed by atoms with Crippen LogP contribution in [0.5, 0.6) is 11.6 Å². The van der Waals surface area contributed by atoms with Crippen molar-refractivity contribution in [3.63, 3.8) is 0 Å². The predicted molar refractivity (Wildman–Crippen MR) is 186 cm³/mol.